The highest BCUT2D eigenvalue weighted by Gasteiger charge is 1.76. The fraction of sp³-hybridized carbons (Fsp3) is 0.625. The van der Waals surface area contributed by atoms with E-state index in [1.807, 2.05) is 0 Å². The molecule has 0 aromatic carbocycles. The van der Waals surface area contributed by atoms with Crippen molar-refractivity contribution in [1.82, 2.24) is 5.32 Å². The van der Waals surface area contributed by atoms with Gasteiger partial charge in [0.1, 0.15) is 0 Å². The normalized spacial score (nSPS) is 7.45. The molecule has 3 heteroatoms. The molecule has 0 radical (unpaired) electrons. The summed E-state index contributed by atoms with van der Waals surface area (Å²) < 4.78 is 0. The first-order chi connectivity index (χ1) is 5.18. The molecular weight excluding hydrogens is 156 g/mol. The van der Waals surface area contributed by atoms with Crippen LogP contribution in [0.25, 0.3) is 0 Å². The van der Waals surface area contributed by atoms with Crippen LogP contribution in [0.5, 0.6) is 0 Å². The van der Waals surface area contributed by atoms with Crippen molar-refractivity contribution in [3.63, 3.8) is 0 Å². The standard InChI is InChI=1S/C4H8N2S.C4H10/c1-2-3-6-4(5)7;1-3-4-2/h2H,1,3H2,(H3,5,6,7);3-4H2,1-2H3. The summed E-state index contributed by atoms with van der Waals surface area (Å²) >= 11 is 4.48. The Bertz CT molecular complexity index is 100. The minimum absolute atomic E-state index is 0.319. The lowest BCUT2D eigenvalue weighted by Crippen LogP contribution is -2.28. The monoisotopic (exact) mass is 174 g/mol. The van der Waals surface area contributed by atoms with E-state index in [9.17, 15) is 0 Å². The fourth-order valence-corrected chi connectivity index (χ4v) is 0.256. The zero-order valence-electron chi connectivity index (χ0n) is 7.39. The maximum absolute atomic E-state index is 5.05. The van der Waals surface area contributed by atoms with E-state index in [2.05, 4.69) is 38.0 Å². The topological polar surface area (TPSA) is 38.0 Å². The van der Waals surface area contributed by atoms with Crippen molar-refractivity contribution in [3.05, 3.63) is 12.7 Å². The summed E-state index contributed by atoms with van der Waals surface area (Å²) in [5.41, 5.74) is 5.05. The molecule has 0 rings (SSSR count). The molecule has 0 saturated heterocycles. The second-order valence-corrected chi connectivity index (χ2v) is 2.47. The molecule has 0 spiro atoms. The molecule has 3 N–H and O–H groups in total. The summed E-state index contributed by atoms with van der Waals surface area (Å²) in [7, 11) is 0. The summed E-state index contributed by atoms with van der Waals surface area (Å²) in [5, 5.41) is 3.01. The molecule has 2 nitrogen and oxygen atoms in total. The summed E-state index contributed by atoms with van der Waals surface area (Å²) in [4.78, 5) is 0. The average Bonchev–Trinajstić information content (AvgIpc) is 2.01. The predicted molar refractivity (Wildman–Crippen MR) is 55.6 cm³/mol. The third-order valence-electron chi connectivity index (χ3n) is 0.921. The van der Waals surface area contributed by atoms with Gasteiger partial charge in [-0.1, -0.05) is 32.8 Å². The van der Waals surface area contributed by atoms with Crippen molar-refractivity contribution in [2.24, 2.45) is 5.73 Å². The van der Waals surface area contributed by atoms with Crippen molar-refractivity contribution in [2.75, 3.05) is 6.54 Å². The van der Waals surface area contributed by atoms with Crippen LogP contribution in [0.2, 0.25) is 0 Å². The Morgan fingerprint density at radius 3 is 2.09 bits per heavy atom. The van der Waals surface area contributed by atoms with E-state index >= 15 is 0 Å². The predicted octanol–water partition coefficient (Wildman–Crippen LogP) is 1.81. The molecule has 0 unspecified atom stereocenters. The minimum Gasteiger partial charge on any atom is -0.376 e. The quantitative estimate of drug-likeness (QED) is 0.506. The van der Waals surface area contributed by atoms with Gasteiger partial charge in [0.2, 0.25) is 0 Å². The van der Waals surface area contributed by atoms with Crippen molar-refractivity contribution in [3.8, 4) is 0 Å². The fourth-order valence-electron chi connectivity index (χ4n) is 0.173. The van der Waals surface area contributed by atoms with E-state index < -0.39 is 0 Å². The van der Waals surface area contributed by atoms with Crippen LogP contribution in [0.15, 0.2) is 12.7 Å². The van der Waals surface area contributed by atoms with E-state index in [0.717, 1.165) is 0 Å². The van der Waals surface area contributed by atoms with Gasteiger partial charge in [0, 0.05) is 6.54 Å². The maximum atomic E-state index is 5.05. The van der Waals surface area contributed by atoms with E-state index in [1.54, 1.807) is 6.08 Å². The van der Waals surface area contributed by atoms with Gasteiger partial charge in [-0.2, -0.15) is 0 Å². The first-order valence-corrected chi connectivity index (χ1v) is 4.24. The maximum Gasteiger partial charge on any atom is 0.163 e. The van der Waals surface area contributed by atoms with Gasteiger partial charge in [-0.25, -0.2) is 0 Å². The zero-order valence-corrected chi connectivity index (χ0v) is 8.21. The summed E-state index contributed by atoms with van der Waals surface area (Å²) in [5.74, 6) is 0. The third-order valence-corrected chi connectivity index (χ3v) is 1.06. The number of thiocarbonyl (C=S) groups is 1. The lowest BCUT2D eigenvalue weighted by molar-refractivity contribution is 0.886. The van der Waals surface area contributed by atoms with Crippen LogP contribution in [-0.2, 0) is 0 Å². The molecule has 0 atom stereocenters. The van der Waals surface area contributed by atoms with Crippen molar-refractivity contribution >= 4 is 17.3 Å². The smallest absolute Gasteiger partial charge is 0.163 e. The van der Waals surface area contributed by atoms with Gasteiger partial charge in [-0.3, -0.25) is 0 Å². The summed E-state index contributed by atoms with van der Waals surface area (Å²) in [6.07, 6.45) is 4.33. The van der Waals surface area contributed by atoms with E-state index in [-0.39, 0.29) is 0 Å². The van der Waals surface area contributed by atoms with Crippen molar-refractivity contribution < 1.29 is 0 Å². The minimum atomic E-state index is 0.319. The molecule has 0 aliphatic carbocycles. The van der Waals surface area contributed by atoms with Crippen LogP contribution in [0, 0.1) is 0 Å². The molecule has 0 aromatic heterocycles. The van der Waals surface area contributed by atoms with Crippen LogP contribution in [0.3, 0.4) is 0 Å². The van der Waals surface area contributed by atoms with Gasteiger partial charge in [0.25, 0.3) is 0 Å². The zero-order chi connectivity index (χ0) is 9.11. The Hall–Kier alpha value is -0.570. The van der Waals surface area contributed by atoms with Gasteiger partial charge in [-0.05, 0) is 12.2 Å². The molecule has 0 heterocycles. The number of unbranched alkanes of at least 4 members (excludes halogenated alkanes) is 1. The molecule has 0 saturated carbocycles. The molecule has 0 amide bonds. The highest BCUT2D eigenvalue weighted by Crippen LogP contribution is 1.76. The molecule has 0 bridgehead atoms. The van der Waals surface area contributed by atoms with Gasteiger partial charge >= 0.3 is 0 Å². The van der Waals surface area contributed by atoms with Gasteiger partial charge in [-0.15, -0.1) is 6.58 Å². The molecule has 0 fully saturated rings. The van der Waals surface area contributed by atoms with Gasteiger partial charge < -0.3 is 11.1 Å². The number of nitrogens with two attached hydrogens (primary N) is 1. The van der Waals surface area contributed by atoms with Crippen LogP contribution in [-0.4, -0.2) is 11.7 Å². The molecule has 0 aliphatic heterocycles. The highest BCUT2D eigenvalue weighted by molar-refractivity contribution is 7.80. The third kappa shape index (κ3) is 26.5. The largest absolute Gasteiger partial charge is 0.376 e. The Labute approximate surface area is 74.9 Å². The SMILES string of the molecule is C=CCNC(N)=S.CCCC. The lowest BCUT2D eigenvalue weighted by Gasteiger charge is -1.94. The number of hydrogen-bond acceptors (Lipinski definition) is 1. The van der Waals surface area contributed by atoms with E-state index in [1.165, 1.54) is 12.8 Å². The van der Waals surface area contributed by atoms with E-state index in [0.29, 0.717) is 11.7 Å². The van der Waals surface area contributed by atoms with Crippen LogP contribution in [0.1, 0.15) is 26.7 Å². The van der Waals surface area contributed by atoms with Crippen molar-refractivity contribution in [2.45, 2.75) is 26.7 Å². The Balaban J connectivity index is 0. The first kappa shape index (κ1) is 13.1. The Kier molecular flexibility index (Phi) is 14.4. The number of rotatable bonds is 3. The van der Waals surface area contributed by atoms with Crippen LogP contribution < -0.4 is 11.1 Å². The Morgan fingerprint density at radius 1 is 1.55 bits per heavy atom. The van der Waals surface area contributed by atoms with Gasteiger partial charge in [0.05, 0.1) is 0 Å². The second-order valence-electron chi connectivity index (χ2n) is 2.03. The molecule has 0 aliphatic rings. The van der Waals surface area contributed by atoms with E-state index in [4.69, 9.17) is 5.73 Å². The Morgan fingerprint density at radius 2 is 2.00 bits per heavy atom. The molecule has 0 aromatic rings. The van der Waals surface area contributed by atoms with Crippen LogP contribution >= 0.6 is 12.2 Å². The first-order valence-electron chi connectivity index (χ1n) is 3.83. The number of hydrogen-bond donors (Lipinski definition) is 2. The van der Waals surface area contributed by atoms with Gasteiger partial charge in [0.15, 0.2) is 5.11 Å². The highest BCUT2D eigenvalue weighted by atomic mass is 32.1. The molecule has 66 valence electrons. The summed E-state index contributed by atoms with van der Waals surface area (Å²) in [6.45, 7) is 8.46. The van der Waals surface area contributed by atoms with Crippen molar-refractivity contribution in [1.29, 1.82) is 0 Å². The molecular formula is C8H18N2S. The second kappa shape index (κ2) is 12.1. The number of nitrogens with one attached hydrogen (secondary N) is 1. The van der Waals surface area contributed by atoms with Crippen LogP contribution in [0.4, 0.5) is 0 Å². The molecule has 11 heavy (non-hydrogen) atoms. The average molecular weight is 174 g/mol. The summed E-state index contributed by atoms with van der Waals surface area (Å²) in [6, 6.07) is 0. The lowest BCUT2D eigenvalue weighted by atomic mass is 10.4.